The molecule has 0 heterocycles. The topological polar surface area (TPSA) is 149 Å². The number of unbranched alkanes of at least 4 members (excludes halogenated alkanes) is 36. The fraction of sp³-hybridized carbons (Fsp3) is 0.925. The fourth-order valence-electron chi connectivity index (χ4n) is 7.99. The van der Waals surface area contributed by atoms with E-state index in [9.17, 15) is 24.2 Å². The lowest BCUT2D eigenvalue weighted by Gasteiger charge is -2.20. The van der Waals surface area contributed by atoms with E-state index >= 15 is 0 Å². The van der Waals surface area contributed by atoms with Crippen LogP contribution in [-0.4, -0.2) is 65.7 Å². The molecule has 64 heavy (non-hydrogen) atoms. The molecule has 380 valence electrons. The van der Waals surface area contributed by atoms with Crippen molar-refractivity contribution in [1.82, 2.24) is 0 Å². The molecule has 11 heteroatoms. The maximum absolute atomic E-state index is 12.7. The molecule has 0 saturated carbocycles. The second-order valence-corrected chi connectivity index (χ2v) is 20.1. The van der Waals surface area contributed by atoms with Gasteiger partial charge in [0, 0.05) is 12.8 Å². The number of carbonyl (C=O) groups is 2. The van der Waals surface area contributed by atoms with Gasteiger partial charge in [-0.1, -0.05) is 238 Å². The largest absolute Gasteiger partial charge is 0.472 e. The molecule has 3 unspecified atom stereocenters. The second-order valence-electron chi connectivity index (χ2n) is 18.6. The third-order valence-electron chi connectivity index (χ3n) is 12.2. The summed E-state index contributed by atoms with van der Waals surface area (Å²) in [7, 11) is -4.62. The van der Waals surface area contributed by atoms with Gasteiger partial charge in [-0.2, -0.15) is 0 Å². The number of rotatable bonds is 52. The zero-order valence-electron chi connectivity index (χ0n) is 41.8. The fourth-order valence-corrected chi connectivity index (χ4v) is 8.78. The summed E-state index contributed by atoms with van der Waals surface area (Å²) in [6.07, 6.45) is 51.8. The Balaban J connectivity index is 4.10. The monoisotopic (exact) mass is 931 g/mol. The van der Waals surface area contributed by atoms with Crippen molar-refractivity contribution in [3.63, 3.8) is 0 Å². The van der Waals surface area contributed by atoms with Gasteiger partial charge < -0.3 is 24.6 Å². The van der Waals surface area contributed by atoms with Crippen molar-refractivity contribution in [3.05, 3.63) is 12.2 Å². The molecule has 3 atom stereocenters. The lowest BCUT2D eigenvalue weighted by Crippen LogP contribution is -2.29. The van der Waals surface area contributed by atoms with Crippen molar-refractivity contribution in [2.45, 2.75) is 289 Å². The highest BCUT2D eigenvalue weighted by Crippen LogP contribution is 2.43. The number of aliphatic hydroxyl groups excluding tert-OH is 2. The Labute approximate surface area is 394 Å². The Hall–Kier alpha value is -1.29. The minimum atomic E-state index is -4.62. The molecule has 0 aliphatic rings. The summed E-state index contributed by atoms with van der Waals surface area (Å²) in [5.74, 6) is -0.908. The van der Waals surface area contributed by atoms with Crippen LogP contribution >= 0.6 is 7.82 Å². The SMILES string of the molecule is CCCCCCCC/C=C\CCCCCCCCCCCC(=O)OC(COC(=O)CCCCCCCCCCCCCCCCCCCCCCCC)COP(=O)(O)OCC(O)CO. The molecular formula is C53H103O10P. The Kier molecular flexibility index (Phi) is 48.6. The predicted octanol–water partition coefficient (Wildman–Crippen LogP) is 15.5. The van der Waals surface area contributed by atoms with E-state index in [1.807, 2.05) is 0 Å². The number of ether oxygens (including phenoxy) is 2. The minimum absolute atomic E-state index is 0.187. The lowest BCUT2D eigenvalue weighted by atomic mass is 10.0. The van der Waals surface area contributed by atoms with Crippen molar-refractivity contribution >= 4 is 19.8 Å². The number of carbonyl (C=O) groups excluding carboxylic acids is 2. The molecule has 0 radical (unpaired) electrons. The summed E-state index contributed by atoms with van der Waals surface area (Å²) in [5, 5.41) is 18.4. The number of esters is 2. The van der Waals surface area contributed by atoms with Gasteiger partial charge in [-0.25, -0.2) is 4.57 Å². The van der Waals surface area contributed by atoms with Crippen LogP contribution in [0.3, 0.4) is 0 Å². The van der Waals surface area contributed by atoms with Crippen LogP contribution in [0.25, 0.3) is 0 Å². The third-order valence-corrected chi connectivity index (χ3v) is 13.1. The van der Waals surface area contributed by atoms with Crippen LogP contribution in [0, 0.1) is 0 Å². The Morgan fingerprint density at radius 3 is 1.12 bits per heavy atom. The third kappa shape index (κ3) is 48.6. The average Bonchev–Trinajstić information content (AvgIpc) is 3.28. The van der Waals surface area contributed by atoms with Crippen molar-refractivity contribution in [2.75, 3.05) is 26.4 Å². The van der Waals surface area contributed by atoms with Crippen LogP contribution in [0.15, 0.2) is 12.2 Å². The molecule has 3 N–H and O–H groups in total. The van der Waals surface area contributed by atoms with E-state index in [1.165, 1.54) is 205 Å². The van der Waals surface area contributed by atoms with E-state index < -0.39 is 51.8 Å². The van der Waals surface area contributed by atoms with Gasteiger partial charge in [-0.3, -0.25) is 18.6 Å². The Morgan fingerprint density at radius 2 is 0.766 bits per heavy atom. The zero-order chi connectivity index (χ0) is 46.9. The first kappa shape index (κ1) is 62.7. The van der Waals surface area contributed by atoms with Crippen molar-refractivity contribution in [1.29, 1.82) is 0 Å². The second kappa shape index (κ2) is 49.6. The molecule has 10 nitrogen and oxygen atoms in total. The first-order valence-electron chi connectivity index (χ1n) is 27.1. The number of phosphoric acid groups is 1. The molecular weight excluding hydrogens is 828 g/mol. The standard InChI is InChI=1S/C53H103O10P/c1-3-5-7-9-11-13-15-17-19-21-23-24-25-27-28-30-32-34-36-38-40-42-44-52(56)60-48-51(49-62-64(58,59)61-47-50(55)46-54)63-53(57)45-43-41-39-37-35-33-31-29-26-22-20-18-16-14-12-10-8-6-4-2/h18,20,50-51,54-55H,3-17,19,21-49H2,1-2H3,(H,58,59)/b20-18-. The van der Waals surface area contributed by atoms with Gasteiger partial charge in [0.25, 0.3) is 0 Å². The van der Waals surface area contributed by atoms with Crippen molar-refractivity contribution < 1.29 is 47.8 Å². The van der Waals surface area contributed by atoms with Gasteiger partial charge in [-0.15, -0.1) is 0 Å². The summed E-state index contributed by atoms with van der Waals surface area (Å²) in [6, 6.07) is 0. The first-order chi connectivity index (χ1) is 31.2. The van der Waals surface area contributed by atoms with Gasteiger partial charge in [0.1, 0.15) is 12.7 Å². The zero-order valence-corrected chi connectivity index (χ0v) is 42.7. The number of hydrogen-bond donors (Lipinski definition) is 3. The quantitative estimate of drug-likeness (QED) is 0.0233. The number of hydrogen-bond acceptors (Lipinski definition) is 9. The highest BCUT2D eigenvalue weighted by atomic mass is 31.2. The van der Waals surface area contributed by atoms with Crippen LogP contribution in [-0.2, 0) is 32.7 Å². The molecule has 0 aliphatic carbocycles. The van der Waals surface area contributed by atoms with Gasteiger partial charge in [0.15, 0.2) is 6.10 Å². The van der Waals surface area contributed by atoms with E-state index in [0.717, 1.165) is 32.1 Å². The molecule has 0 aromatic carbocycles. The first-order valence-corrected chi connectivity index (χ1v) is 28.6. The van der Waals surface area contributed by atoms with Gasteiger partial charge >= 0.3 is 19.8 Å². The molecule has 0 aromatic heterocycles. The molecule has 0 fully saturated rings. The molecule has 0 amide bonds. The predicted molar refractivity (Wildman–Crippen MR) is 265 cm³/mol. The summed E-state index contributed by atoms with van der Waals surface area (Å²) < 4.78 is 32.9. The highest BCUT2D eigenvalue weighted by molar-refractivity contribution is 7.47. The summed E-state index contributed by atoms with van der Waals surface area (Å²) in [6.45, 7) is 2.44. The molecule has 0 spiro atoms. The smallest absolute Gasteiger partial charge is 0.462 e. The van der Waals surface area contributed by atoms with E-state index in [1.54, 1.807) is 0 Å². The van der Waals surface area contributed by atoms with E-state index in [0.29, 0.717) is 12.8 Å². The van der Waals surface area contributed by atoms with Gasteiger partial charge in [-0.05, 0) is 38.5 Å². The maximum Gasteiger partial charge on any atom is 0.472 e. The average molecular weight is 931 g/mol. The van der Waals surface area contributed by atoms with Crippen LogP contribution in [0.2, 0.25) is 0 Å². The molecule has 0 saturated heterocycles. The summed E-state index contributed by atoms with van der Waals surface area (Å²) >= 11 is 0. The van der Waals surface area contributed by atoms with E-state index in [4.69, 9.17) is 23.6 Å². The highest BCUT2D eigenvalue weighted by Gasteiger charge is 2.27. The van der Waals surface area contributed by atoms with Gasteiger partial charge in [0.05, 0.1) is 19.8 Å². The van der Waals surface area contributed by atoms with Crippen molar-refractivity contribution in [3.8, 4) is 0 Å². The summed E-state index contributed by atoms with van der Waals surface area (Å²) in [4.78, 5) is 35.2. The van der Waals surface area contributed by atoms with E-state index in [-0.39, 0.29) is 19.4 Å². The Morgan fingerprint density at radius 1 is 0.453 bits per heavy atom. The van der Waals surface area contributed by atoms with Crippen LogP contribution in [0.5, 0.6) is 0 Å². The Bertz CT molecular complexity index is 1070. The number of aliphatic hydroxyl groups is 2. The normalized spacial score (nSPS) is 13.6. The molecule has 0 rings (SSSR count). The molecule has 0 bridgehead atoms. The molecule has 0 aliphatic heterocycles. The van der Waals surface area contributed by atoms with E-state index in [2.05, 4.69) is 26.0 Å². The van der Waals surface area contributed by atoms with Crippen LogP contribution in [0.1, 0.15) is 277 Å². The van der Waals surface area contributed by atoms with Gasteiger partial charge in [0.2, 0.25) is 0 Å². The van der Waals surface area contributed by atoms with Crippen molar-refractivity contribution in [2.24, 2.45) is 0 Å². The minimum Gasteiger partial charge on any atom is -0.462 e. The van der Waals surface area contributed by atoms with Crippen LogP contribution in [0.4, 0.5) is 0 Å². The summed E-state index contributed by atoms with van der Waals surface area (Å²) in [5.41, 5.74) is 0. The molecule has 0 aromatic rings. The van der Waals surface area contributed by atoms with Crippen LogP contribution < -0.4 is 0 Å². The number of phosphoric ester groups is 1. The lowest BCUT2D eigenvalue weighted by molar-refractivity contribution is -0.161. The maximum atomic E-state index is 12.7. The number of allylic oxidation sites excluding steroid dienone is 2.